The quantitative estimate of drug-likeness (QED) is 0.838. The van der Waals surface area contributed by atoms with Crippen LogP contribution in [0.5, 0.6) is 0 Å². The molecule has 0 amide bonds. The maximum absolute atomic E-state index is 12.6. The van der Waals surface area contributed by atoms with E-state index in [1.165, 1.54) is 4.31 Å². The van der Waals surface area contributed by atoms with E-state index in [-0.39, 0.29) is 0 Å². The first kappa shape index (κ1) is 14.1. The van der Waals surface area contributed by atoms with E-state index in [4.69, 9.17) is 5.73 Å². The van der Waals surface area contributed by atoms with Crippen LogP contribution in [0.15, 0.2) is 24.3 Å². The summed E-state index contributed by atoms with van der Waals surface area (Å²) in [5, 5.41) is 0. The lowest BCUT2D eigenvalue weighted by Crippen LogP contribution is -2.43. The number of nitrogen functional groups attached to an aromatic ring is 1. The summed E-state index contributed by atoms with van der Waals surface area (Å²) < 4.78 is 28.3. The van der Waals surface area contributed by atoms with E-state index < -0.39 is 10.2 Å². The number of nitrogens with two attached hydrogens (primary N) is 1. The zero-order valence-corrected chi connectivity index (χ0v) is 12.1. The van der Waals surface area contributed by atoms with Gasteiger partial charge in [-0.25, -0.2) is 0 Å². The molecule has 5 nitrogen and oxygen atoms in total. The van der Waals surface area contributed by atoms with Gasteiger partial charge in [0.05, 0.1) is 5.69 Å². The maximum Gasteiger partial charge on any atom is 0.304 e. The maximum atomic E-state index is 12.6. The van der Waals surface area contributed by atoms with Crippen LogP contribution in [0.1, 0.15) is 26.2 Å². The molecule has 0 radical (unpaired) electrons. The van der Waals surface area contributed by atoms with E-state index in [1.807, 2.05) is 6.92 Å². The topological polar surface area (TPSA) is 66.6 Å². The minimum atomic E-state index is -3.42. The molecule has 1 fully saturated rings. The van der Waals surface area contributed by atoms with Gasteiger partial charge in [-0.1, -0.05) is 13.0 Å². The SMILES string of the molecule is CCCN(c1cccc(N)c1)S(=O)(=O)N1CCCC1. The Hall–Kier alpha value is -1.27. The van der Waals surface area contributed by atoms with Gasteiger partial charge in [0.2, 0.25) is 0 Å². The third-order valence-corrected chi connectivity index (χ3v) is 5.22. The molecule has 6 heteroatoms. The minimum absolute atomic E-state index is 0.474. The molecule has 0 unspecified atom stereocenters. The van der Waals surface area contributed by atoms with Gasteiger partial charge < -0.3 is 5.73 Å². The number of rotatable bonds is 5. The third-order valence-electron chi connectivity index (χ3n) is 3.25. The average molecular weight is 283 g/mol. The normalized spacial score (nSPS) is 16.7. The molecular formula is C13H21N3O2S. The van der Waals surface area contributed by atoms with Crippen molar-refractivity contribution in [1.82, 2.24) is 4.31 Å². The second-order valence-electron chi connectivity index (χ2n) is 4.78. The van der Waals surface area contributed by atoms with E-state index in [1.54, 1.807) is 28.6 Å². The Balaban J connectivity index is 2.34. The number of hydrogen-bond acceptors (Lipinski definition) is 3. The lowest BCUT2D eigenvalue weighted by Gasteiger charge is -2.28. The van der Waals surface area contributed by atoms with Crippen molar-refractivity contribution in [1.29, 1.82) is 0 Å². The predicted molar refractivity (Wildman–Crippen MR) is 78.2 cm³/mol. The second kappa shape index (κ2) is 5.79. The largest absolute Gasteiger partial charge is 0.399 e. The fourth-order valence-electron chi connectivity index (χ4n) is 2.32. The molecule has 0 aromatic heterocycles. The molecule has 19 heavy (non-hydrogen) atoms. The summed E-state index contributed by atoms with van der Waals surface area (Å²) in [7, 11) is -3.42. The predicted octanol–water partition coefficient (Wildman–Crippen LogP) is 1.83. The molecule has 1 heterocycles. The third kappa shape index (κ3) is 3.01. The zero-order valence-electron chi connectivity index (χ0n) is 11.2. The highest BCUT2D eigenvalue weighted by Crippen LogP contribution is 2.25. The molecule has 1 aromatic rings. The molecule has 1 aliphatic heterocycles. The van der Waals surface area contributed by atoms with Crippen LogP contribution < -0.4 is 10.0 Å². The van der Waals surface area contributed by atoms with Crippen LogP contribution in [0.25, 0.3) is 0 Å². The Morgan fingerprint density at radius 2 is 2.00 bits per heavy atom. The molecule has 1 saturated heterocycles. The Bertz CT molecular complexity index is 524. The molecule has 106 valence electrons. The van der Waals surface area contributed by atoms with Crippen molar-refractivity contribution in [3.8, 4) is 0 Å². The van der Waals surface area contributed by atoms with Gasteiger partial charge in [-0.3, -0.25) is 4.31 Å². The van der Waals surface area contributed by atoms with Crippen LogP contribution in [0.2, 0.25) is 0 Å². The molecular weight excluding hydrogens is 262 g/mol. The van der Waals surface area contributed by atoms with Crippen molar-refractivity contribution in [2.75, 3.05) is 29.7 Å². The Morgan fingerprint density at radius 1 is 1.32 bits per heavy atom. The van der Waals surface area contributed by atoms with E-state index in [2.05, 4.69) is 0 Å². The summed E-state index contributed by atoms with van der Waals surface area (Å²) in [5.74, 6) is 0. The number of hydrogen-bond donors (Lipinski definition) is 1. The molecule has 0 saturated carbocycles. The summed E-state index contributed by atoms with van der Waals surface area (Å²) in [4.78, 5) is 0. The first-order valence-corrected chi connectivity index (χ1v) is 8.08. The van der Waals surface area contributed by atoms with Crippen LogP contribution in [0.3, 0.4) is 0 Å². The minimum Gasteiger partial charge on any atom is -0.399 e. The highest BCUT2D eigenvalue weighted by molar-refractivity contribution is 7.90. The van der Waals surface area contributed by atoms with E-state index >= 15 is 0 Å². The van der Waals surface area contributed by atoms with Crippen molar-refractivity contribution in [2.24, 2.45) is 0 Å². The smallest absolute Gasteiger partial charge is 0.304 e. The Morgan fingerprint density at radius 3 is 2.58 bits per heavy atom. The van der Waals surface area contributed by atoms with Crippen molar-refractivity contribution < 1.29 is 8.42 Å². The number of nitrogens with zero attached hydrogens (tertiary/aromatic N) is 2. The summed E-state index contributed by atoms with van der Waals surface area (Å²) in [6.07, 6.45) is 2.65. The molecule has 0 aliphatic carbocycles. The van der Waals surface area contributed by atoms with Crippen LogP contribution in [0.4, 0.5) is 11.4 Å². The second-order valence-corrected chi connectivity index (χ2v) is 6.63. The number of anilines is 2. The van der Waals surface area contributed by atoms with Crippen molar-refractivity contribution >= 4 is 21.6 Å². The van der Waals surface area contributed by atoms with Crippen LogP contribution in [-0.4, -0.2) is 32.4 Å². The van der Waals surface area contributed by atoms with Crippen LogP contribution >= 0.6 is 0 Å². The highest BCUT2D eigenvalue weighted by atomic mass is 32.2. The highest BCUT2D eigenvalue weighted by Gasteiger charge is 2.31. The van der Waals surface area contributed by atoms with Gasteiger partial charge in [0.15, 0.2) is 0 Å². The Labute approximate surface area is 115 Å². The lowest BCUT2D eigenvalue weighted by molar-refractivity contribution is 0.473. The molecule has 1 aromatic carbocycles. The van der Waals surface area contributed by atoms with Gasteiger partial charge in [-0.05, 0) is 37.5 Å². The van der Waals surface area contributed by atoms with E-state index in [9.17, 15) is 8.42 Å². The van der Waals surface area contributed by atoms with Crippen molar-refractivity contribution in [3.63, 3.8) is 0 Å². The molecule has 0 atom stereocenters. The first-order chi connectivity index (χ1) is 9.05. The van der Waals surface area contributed by atoms with Gasteiger partial charge in [-0.15, -0.1) is 0 Å². The Kier molecular flexibility index (Phi) is 4.31. The monoisotopic (exact) mass is 283 g/mol. The average Bonchev–Trinajstić information content (AvgIpc) is 2.90. The van der Waals surface area contributed by atoms with Gasteiger partial charge in [0.1, 0.15) is 0 Å². The fraction of sp³-hybridized carbons (Fsp3) is 0.538. The van der Waals surface area contributed by atoms with E-state index in [0.29, 0.717) is 31.0 Å². The van der Waals surface area contributed by atoms with E-state index in [0.717, 1.165) is 19.3 Å². The van der Waals surface area contributed by atoms with Crippen molar-refractivity contribution in [3.05, 3.63) is 24.3 Å². The zero-order chi connectivity index (χ0) is 13.9. The lowest BCUT2D eigenvalue weighted by atomic mass is 10.3. The molecule has 2 rings (SSSR count). The first-order valence-electron chi connectivity index (χ1n) is 6.69. The van der Waals surface area contributed by atoms with Crippen LogP contribution in [0, 0.1) is 0 Å². The van der Waals surface area contributed by atoms with Gasteiger partial charge in [0.25, 0.3) is 0 Å². The summed E-state index contributed by atoms with van der Waals surface area (Å²) in [6, 6.07) is 7.05. The van der Waals surface area contributed by atoms with Crippen LogP contribution in [-0.2, 0) is 10.2 Å². The fourth-order valence-corrected chi connectivity index (χ4v) is 4.11. The summed E-state index contributed by atoms with van der Waals surface area (Å²) in [5.41, 5.74) is 6.98. The molecule has 2 N–H and O–H groups in total. The standard InChI is InChI=1S/C13H21N3O2S/c1-2-8-16(13-7-5-6-12(14)11-13)19(17,18)15-9-3-4-10-15/h5-7,11H,2-4,8-10,14H2,1H3. The number of benzene rings is 1. The summed E-state index contributed by atoms with van der Waals surface area (Å²) >= 11 is 0. The molecule has 0 bridgehead atoms. The van der Waals surface area contributed by atoms with Crippen molar-refractivity contribution in [2.45, 2.75) is 26.2 Å². The van der Waals surface area contributed by atoms with Gasteiger partial charge >= 0.3 is 10.2 Å². The van der Waals surface area contributed by atoms with Gasteiger partial charge in [-0.2, -0.15) is 12.7 Å². The summed E-state index contributed by atoms with van der Waals surface area (Å²) in [6.45, 7) is 3.68. The molecule has 0 spiro atoms. The molecule has 1 aliphatic rings. The van der Waals surface area contributed by atoms with Gasteiger partial charge in [0, 0.05) is 25.3 Å².